The number of nitrogens with two attached hydrogens (primary N) is 1. The summed E-state index contributed by atoms with van der Waals surface area (Å²) in [5, 5.41) is 1.80. The van der Waals surface area contributed by atoms with Crippen molar-refractivity contribution in [3.8, 4) is 0 Å². The highest BCUT2D eigenvalue weighted by atomic mass is 16.2. The van der Waals surface area contributed by atoms with Crippen molar-refractivity contribution in [1.82, 2.24) is 5.32 Å². The third-order valence-corrected chi connectivity index (χ3v) is 1.50. The Morgan fingerprint density at radius 2 is 2.29 bits per heavy atom. The Morgan fingerprint density at radius 3 is 2.79 bits per heavy atom. The topological polar surface area (TPSA) is 55.1 Å². The minimum atomic E-state index is -3.17. The van der Waals surface area contributed by atoms with E-state index in [1.807, 2.05) is 13.8 Å². The molecule has 0 saturated heterocycles. The summed E-state index contributed by atoms with van der Waals surface area (Å²) in [4.78, 5) is 11.9. The zero-order chi connectivity index (χ0) is 18.1. The number of carbonyl (C=O) groups excluding carboxylic acids is 1. The van der Waals surface area contributed by atoms with Crippen LogP contribution in [0.5, 0.6) is 0 Å². The standard InChI is InChI=1S/C11H24N2O/c1-8(2)5-6-13-11(14)10(12)7-9(3)4/h8-10H,5-7,12H2,1-4H3,(H,13,14)/t10-/m0/s1/i1D3,5D2,6D2,8D/t8?,10-. The van der Waals surface area contributed by atoms with Gasteiger partial charge < -0.3 is 11.1 Å². The van der Waals surface area contributed by atoms with Crippen molar-refractivity contribution in [3.05, 3.63) is 0 Å². The lowest BCUT2D eigenvalue weighted by Gasteiger charge is -2.14. The fraction of sp³-hybridized carbons (Fsp3) is 0.909. The van der Waals surface area contributed by atoms with Gasteiger partial charge in [0.1, 0.15) is 0 Å². The van der Waals surface area contributed by atoms with Gasteiger partial charge in [-0.1, -0.05) is 27.6 Å². The van der Waals surface area contributed by atoms with Gasteiger partial charge in [-0.15, -0.1) is 0 Å². The summed E-state index contributed by atoms with van der Waals surface area (Å²) in [5.74, 6) is -3.62. The molecule has 1 amide bonds. The highest BCUT2D eigenvalue weighted by Gasteiger charge is 2.13. The van der Waals surface area contributed by atoms with Crippen LogP contribution >= 0.6 is 0 Å². The van der Waals surface area contributed by atoms with Gasteiger partial charge in [-0.2, -0.15) is 0 Å². The van der Waals surface area contributed by atoms with E-state index < -0.39 is 37.6 Å². The molecule has 0 heterocycles. The summed E-state index contributed by atoms with van der Waals surface area (Å²) >= 11 is 0. The van der Waals surface area contributed by atoms with E-state index in [1.165, 1.54) is 0 Å². The smallest absolute Gasteiger partial charge is 0.236 e. The Bertz CT molecular complexity index is 405. The van der Waals surface area contributed by atoms with Gasteiger partial charge in [0, 0.05) is 17.5 Å². The van der Waals surface area contributed by atoms with Crippen LogP contribution in [0.2, 0.25) is 0 Å². The molecule has 0 spiro atoms. The molecule has 0 aliphatic rings. The summed E-state index contributed by atoms with van der Waals surface area (Å²) in [5.41, 5.74) is 5.60. The van der Waals surface area contributed by atoms with Gasteiger partial charge >= 0.3 is 0 Å². The van der Waals surface area contributed by atoms with Crippen molar-refractivity contribution in [1.29, 1.82) is 0 Å². The molecule has 14 heavy (non-hydrogen) atoms. The molecule has 0 radical (unpaired) electrons. The van der Waals surface area contributed by atoms with E-state index in [2.05, 4.69) is 0 Å². The molecule has 0 aromatic heterocycles. The summed E-state index contributed by atoms with van der Waals surface area (Å²) in [6.45, 7) is -1.73. The minimum Gasteiger partial charge on any atom is -0.355 e. The molecule has 0 aliphatic heterocycles. The number of hydrogen-bond acceptors (Lipinski definition) is 2. The maximum atomic E-state index is 11.9. The summed E-state index contributed by atoms with van der Waals surface area (Å²) in [7, 11) is 0. The second-order valence-corrected chi connectivity index (χ2v) is 3.60. The van der Waals surface area contributed by atoms with E-state index in [4.69, 9.17) is 16.7 Å². The van der Waals surface area contributed by atoms with Crippen molar-refractivity contribution < 1.29 is 15.8 Å². The van der Waals surface area contributed by atoms with Crippen LogP contribution in [-0.2, 0) is 4.79 Å². The molecule has 0 saturated carbocycles. The van der Waals surface area contributed by atoms with E-state index in [1.54, 1.807) is 5.32 Å². The van der Waals surface area contributed by atoms with Crippen molar-refractivity contribution in [2.24, 2.45) is 17.5 Å². The normalized spacial score (nSPS) is 28.9. The van der Waals surface area contributed by atoms with Crippen LogP contribution in [0.25, 0.3) is 0 Å². The average Bonchev–Trinajstić information content (AvgIpc) is 2.25. The van der Waals surface area contributed by atoms with Crippen LogP contribution in [0.3, 0.4) is 0 Å². The average molecular weight is 208 g/mol. The van der Waals surface area contributed by atoms with E-state index in [0.29, 0.717) is 0 Å². The van der Waals surface area contributed by atoms with E-state index >= 15 is 0 Å². The molecule has 84 valence electrons. The zero-order valence-electron chi connectivity index (χ0n) is 16.8. The maximum Gasteiger partial charge on any atom is 0.236 e. The van der Waals surface area contributed by atoms with Gasteiger partial charge in [-0.25, -0.2) is 0 Å². The maximum absolute atomic E-state index is 11.9. The first-order valence-electron chi connectivity index (χ1n) is 8.55. The van der Waals surface area contributed by atoms with Gasteiger partial charge in [-0.3, -0.25) is 4.79 Å². The number of carbonyl (C=O) groups is 1. The summed E-state index contributed by atoms with van der Waals surface area (Å²) in [6.07, 6.45) is -2.90. The Morgan fingerprint density at radius 1 is 1.64 bits per heavy atom. The van der Waals surface area contributed by atoms with Crippen molar-refractivity contribution in [3.63, 3.8) is 0 Å². The fourth-order valence-electron chi connectivity index (χ4n) is 0.894. The fourth-order valence-corrected chi connectivity index (χ4v) is 0.894. The molecule has 0 aromatic rings. The van der Waals surface area contributed by atoms with Gasteiger partial charge in [0.05, 0.1) is 6.04 Å². The first-order valence-corrected chi connectivity index (χ1v) is 4.55. The first kappa shape index (κ1) is 4.97. The van der Waals surface area contributed by atoms with Crippen LogP contribution in [0.1, 0.15) is 51.4 Å². The van der Waals surface area contributed by atoms with Gasteiger partial charge in [0.25, 0.3) is 0 Å². The SMILES string of the molecule is [2H]C([2H])([2H])C([2H])(C)C([2H])([2H])C([2H])([2H])NC(=O)[C@@H](N)CC(C)C. The second kappa shape index (κ2) is 6.82. The number of rotatable bonds is 6. The third kappa shape index (κ3) is 6.89. The predicted octanol–water partition coefficient (Wildman–Crippen LogP) is 1.52. The zero-order valence-corrected chi connectivity index (χ0v) is 8.85. The second-order valence-electron chi connectivity index (χ2n) is 3.60. The van der Waals surface area contributed by atoms with Crippen LogP contribution < -0.4 is 11.1 Å². The summed E-state index contributed by atoms with van der Waals surface area (Å²) in [6, 6.07) is -1.05. The Balaban J connectivity index is 5.34. The molecular formula is C11H24N2O. The quantitative estimate of drug-likeness (QED) is 0.695. The largest absolute Gasteiger partial charge is 0.355 e. The highest BCUT2D eigenvalue weighted by Crippen LogP contribution is 2.02. The van der Waals surface area contributed by atoms with Crippen molar-refractivity contribution in [2.45, 2.75) is 46.5 Å². The van der Waals surface area contributed by atoms with Crippen LogP contribution in [0.15, 0.2) is 0 Å². The van der Waals surface area contributed by atoms with Crippen LogP contribution in [0, 0.1) is 11.8 Å². The first-order chi connectivity index (χ1) is 9.47. The molecule has 3 N–H and O–H groups in total. The van der Waals surface area contributed by atoms with Crippen LogP contribution in [0.4, 0.5) is 0 Å². The molecule has 2 atom stereocenters. The molecule has 3 heteroatoms. The number of amides is 1. The summed E-state index contributed by atoms with van der Waals surface area (Å²) < 4.78 is 60.3. The third-order valence-electron chi connectivity index (χ3n) is 1.50. The van der Waals surface area contributed by atoms with Crippen molar-refractivity contribution in [2.75, 3.05) is 6.50 Å². The number of hydrogen-bond donors (Lipinski definition) is 2. The molecule has 0 fully saturated rings. The van der Waals surface area contributed by atoms with E-state index in [9.17, 15) is 4.79 Å². The van der Waals surface area contributed by atoms with Gasteiger partial charge in [0.2, 0.25) is 5.91 Å². The lowest BCUT2D eigenvalue weighted by Crippen LogP contribution is -2.41. The van der Waals surface area contributed by atoms with Gasteiger partial charge in [0.15, 0.2) is 0 Å². The predicted molar refractivity (Wildman–Crippen MR) is 59.9 cm³/mol. The Labute approximate surface area is 98.7 Å². The molecule has 3 nitrogen and oxygen atoms in total. The molecule has 1 unspecified atom stereocenters. The molecule has 0 rings (SSSR count). The van der Waals surface area contributed by atoms with Gasteiger partial charge in [-0.05, 0) is 24.6 Å². The lowest BCUT2D eigenvalue weighted by molar-refractivity contribution is -0.122. The molecule has 0 aliphatic carbocycles. The minimum absolute atomic E-state index is 0.0761. The molecular weight excluding hydrogens is 176 g/mol. The molecule has 0 bridgehead atoms. The lowest BCUT2D eigenvalue weighted by atomic mass is 10.0. The van der Waals surface area contributed by atoms with E-state index in [0.717, 1.165) is 6.92 Å². The Kier molecular flexibility index (Phi) is 2.42. The highest BCUT2D eigenvalue weighted by molar-refractivity contribution is 5.81. The van der Waals surface area contributed by atoms with Crippen LogP contribution in [-0.4, -0.2) is 18.4 Å². The molecule has 0 aromatic carbocycles. The monoisotopic (exact) mass is 208 g/mol. The van der Waals surface area contributed by atoms with E-state index in [-0.39, 0.29) is 12.3 Å². The number of nitrogens with one attached hydrogen (secondary N) is 1. The Hall–Kier alpha value is -0.570. The van der Waals surface area contributed by atoms with Crippen molar-refractivity contribution >= 4 is 5.91 Å².